The van der Waals surface area contributed by atoms with E-state index in [1.54, 1.807) is 14.1 Å². The molecule has 0 aliphatic carbocycles. The molecular weight excluding hydrogens is 308 g/mol. The Morgan fingerprint density at radius 3 is 2.79 bits per heavy atom. The fourth-order valence-electron chi connectivity index (χ4n) is 2.97. The van der Waals surface area contributed by atoms with E-state index in [9.17, 15) is 4.79 Å². The van der Waals surface area contributed by atoms with Crippen molar-refractivity contribution in [3.8, 4) is 0 Å². The molecule has 7 heteroatoms. The van der Waals surface area contributed by atoms with Crippen molar-refractivity contribution in [1.82, 2.24) is 19.6 Å². The molecule has 1 aliphatic rings. The van der Waals surface area contributed by atoms with Crippen molar-refractivity contribution in [2.75, 3.05) is 40.4 Å². The van der Waals surface area contributed by atoms with Crippen LogP contribution in [0.15, 0.2) is 6.20 Å². The first-order chi connectivity index (χ1) is 11.2. The molecule has 136 valence electrons. The Kier molecular flexibility index (Phi) is 6.01. The van der Waals surface area contributed by atoms with Gasteiger partial charge in [0.05, 0.1) is 24.5 Å². The summed E-state index contributed by atoms with van der Waals surface area (Å²) in [4.78, 5) is 15.5. The van der Waals surface area contributed by atoms with Gasteiger partial charge in [-0.3, -0.25) is 14.4 Å². The monoisotopic (exact) mass is 338 g/mol. The molecule has 24 heavy (non-hydrogen) atoms. The number of carbonyl (C=O) groups excluding carboxylic acids is 1. The van der Waals surface area contributed by atoms with Gasteiger partial charge in [0.1, 0.15) is 6.61 Å². The third kappa shape index (κ3) is 5.03. The van der Waals surface area contributed by atoms with Crippen LogP contribution in [0.4, 0.5) is 0 Å². The van der Waals surface area contributed by atoms with E-state index in [4.69, 9.17) is 9.47 Å². The van der Waals surface area contributed by atoms with E-state index in [0.717, 1.165) is 19.6 Å². The number of morpholine rings is 1. The highest BCUT2D eigenvalue weighted by molar-refractivity contribution is 5.76. The molecule has 1 aromatic rings. The van der Waals surface area contributed by atoms with E-state index in [1.165, 1.54) is 16.2 Å². The summed E-state index contributed by atoms with van der Waals surface area (Å²) in [7, 11) is 5.41. The molecule has 0 aromatic carbocycles. The second kappa shape index (κ2) is 7.63. The predicted octanol–water partition coefficient (Wildman–Crippen LogP) is 0.813. The number of aromatic nitrogens is 2. The molecule has 2 rings (SSSR count). The average molecular weight is 338 g/mol. The van der Waals surface area contributed by atoms with Gasteiger partial charge in [-0.1, -0.05) is 0 Å². The summed E-state index contributed by atoms with van der Waals surface area (Å²) < 4.78 is 13.6. The van der Waals surface area contributed by atoms with Crippen LogP contribution in [-0.2, 0) is 27.9 Å². The Balaban J connectivity index is 1.91. The minimum absolute atomic E-state index is 0.0343. The molecular formula is C17H30N4O3. The second-order valence-corrected chi connectivity index (χ2v) is 7.35. The molecule has 1 atom stereocenters. The third-order valence-corrected chi connectivity index (χ3v) is 4.31. The lowest BCUT2D eigenvalue weighted by Gasteiger charge is -2.42. The van der Waals surface area contributed by atoms with Crippen LogP contribution >= 0.6 is 0 Å². The lowest BCUT2D eigenvalue weighted by atomic mass is 10.0. The van der Waals surface area contributed by atoms with Gasteiger partial charge in [-0.05, 0) is 20.8 Å². The van der Waals surface area contributed by atoms with Crippen LogP contribution in [0.3, 0.4) is 0 Å². The molecule has 2 heterocycles. The van der Waals surface area contributed by atoms with Gasteiger partial charge >= 0.3 is 0 Å². The summed E-state index contributed by atoms with van der Waals surface area (Å²) in [5, 5.41) is 4.31. The Hall–Kier alpha value is -1.44. The number of nitrogens with zero attached hydrogens (tertiary/aromatic N) is 4. The molecule has 0 saturated carbocycles. The second-order valence-electron chi connectivity index (χ2n) is 7.35. The smallest absolute Gasteiger partial charge is 0.248 e. The van der Waals surface area contributed by atoms with Crippen molar-refractivity contribution in [3.05, 3.63) is 17.5 Å². The van der Waals surface area contributed by atoms with E-state index >= 15 is 0 Å². The van der Waals surface area contributed by atoms with Crippen molar-refractivity contribution in [3.63, 3.8) is 0 Å². The molecule has 0 N–H and O–H groups in total. The van der Waals surface area contributed by atoms with E-state index in [2.05, 4.69) is 30.8 Å². The quantitative estimate of drug-likeness (QED) is 0.768. The van der Waals surface area contributed by atoms with Crippen molar-refractivity contribution in [1.29, 1.82) is 0 Å². The normalized spacial score (nSPS) is 21.0. The van der Waals surface area contributed by atoms with Crippen LogP contribution in [0.25, 0.3) is 0 Å². The first-order valence-electron chi connectivity index (χ1n) is 8.33. The van der Waals surface area contributed by atoms with Gasteiger partial charge in [0.25, 0.3) is 0 Å². The van der Waals surface area contributed by atoms with Crippen LogP contribution in [0.1, 0.15) is 25.1 Å². The Morgan fingerprint density at radius 1 is 1.50 bits per heavy atom. The summed E-state index contributed by atoms with van der Waals surface area (Å²) in [6, 6.07) is 0. The topological polar surface area (TPSA) is 59.8 Å². The summed E-state index contributed by atoms with van der Waals surface area (Å²) in [5.41, 5.74) is 2.18. The number of aryl methyl sites for hydroxylation is 1. The maximum Gasteiger partial charge on any atom is 0.248 e. The Labute approximate surface area is 144 Å². The first kappa shape index (κ1) is 18.9. The predicted molar refractivity (Wildman–Crippen MR) is 91.7 cm³/mol. The summed E-state index contributed by atoms with van der Waals surface area (Å²) in [6.07, 6.45) is 1.89. The van der Waals surface area contributed by atoms with Crippen LogP contribution in [0.2, 0.25) is 0 Å². The van der Waals surface area contributed by atoms with Gasteiger partial charge in [-0.25, -0.2) is 0 Å². The van der Waals surface area contributed by atoms with Crippen molar-refractivity contribution >= 4 is 5.91 Å². The fourth-order valence-corrected chi connectivity index (χ4v) is 2.97. The maximum absolute atomic E-state index is 11.6. The SMILES string of the molecule is Cc1c(CN2C[C@H](COCC(=O)N(C)C)OC(C)(C)C2)cnn1C. The zero-order chi connectivity index (χ0) is 17.9. The van der Waals surface area contributed by atoms with Crippen LogP contribution in [0.5, 0.6) is 0 Å². The highest BCUT2D eigenvalue weighted by Crippen LogP contribution is 2.23. The standard InChI is InChI=1S/C17H30N4O3/c1-13-14(7-18-20(13)6)8-21-9-15(24-17(2,3)12-21)10-23-11-16(22)19(4)5/h7,15H,8-12H2,1-6H3/t15-/m1/s1. The van der Waals surface area contributed by atoms with E-state index in [1.807, 2.05) is 17.9 Å². The number of hydrogen-bond donors (Lipinski definition) is 0. The van der Waals surface area contributed by atoms with Gasteiger partial charge in [0, 0.05) is 52.0 Å². The Bertz CT molecular complexity index is 568. The summed E-state index contributed by atoms with van der Waals surface area (Å²) >= 11 is 0. The fraction of sp³-hybridized carbons (Fsp3) is 0.765. The lowest BCUT2D eigenvalue weighted by Crippen LogP contribution is -2.53. The molecule has 0 bridgehead atoms. The van der Waals surface area contributed by atoms with Crippen molar-refractivity contribution in [2.24, 2.45) is 7.05 Å². The number of likely N-dealkylation sites (N-methyl/N-ethyl adjacent to an activating group) is 1. The van der Waals surface area contributed by atoms with Crippen LogP contribution in [0, 0.1) is 6.92 Å². The van der Waals surface area contributed by atoms with Crippen LogP contribution < -0.4 is 0 Å². The minimum Gasteiger partial charge on any atom is -0.369 e. The van der Waals surface area contributed by atoms with Crippen molar-refractivity contribution in [2.45, 2.75) is 39.0 Å². The zero-order valence-electron chi connectivity index (χ0n) is 15.7. The number of rotatable bonds is 6. The molecule has 7 nitrogen and oxygen atoms in total. The van der Waals surface area contributed by atoms with Gasteiger partial charge in [0.2, 0.25) is 5.91 Å². The minimum atomic E-state index is -0.242. The van der Waals surface area contributed by atoms with Gasteiger partial charge in [0.15, 0.2) is 0 Å². The molecule has 0 radical (unpaired) electrons. The van der Waals surface area contributed by atoms with Gasteiger partial charge in [-0.15, -0.1) is 0 Å². The third-order valence-electron chi connectivity index (χ3n) is 4.31. The number of ether oxygens (including phenoxy) is 2. The molecule has 1 aromatic heterocycles. The average Bonchev–Trinajstić information content (AvgIpc) is 2.77. The summed E-state index contributed by atoms with van der Waals surface area (Å²) in [5.74, 6) is -0.0343. The maximum atomic E-state index is 11.6. The highest BCUT2D eigenvalue weighted by Gasteiger charge is 2.33. The number of carbonyl (C=O) groups is 1. The van der Waals surface area contributed by atoms with Gasteiger partial charge in [-0.2, -0.15) is 5.10 Å². The first-order valence-corrected chi connectivity index (χ1v) is 8.33. The van der Waals surface area contributed by atoms with E-state index < -0.39 is 0 Å². The molecule has 0 spiro atoms. The summed E-state index contributed by atoms with van der Waals surface area (Å²) in [6.45, 7) is 9.27. The van der Waals surface area contributed by atoms with Crippen LogP contribution in [-0.4, -0.2) is 77.6 Å². The highest BCUT2D eigenvalue weighted by atomic mass is 16.5. The molecule has 1 aliphatic heterocycles. The Morgan fingerprint density at radius 2 is 2.21 bits per heavy atom. The van der Waals surface area contributed by atoms with E-state index in [0.29, 0.717) is 6.61 Å². The largest absolute Gasteiger partial charge is 0.369 e. The number of hydrogen-bond acceptors (Lipinski definition) is 5. The molecule has 1 saturated heterocycles. The van der Waals surface area contributed by atoms with Crippen molar-refractivity contribution < 1.29 is 14.3 Å². The molecule has 1 amide bonds. The van der Waals surface area contributed by atoms with Gasteiger partial charge < -0.3 is 14.4 Å². The lowest BCUT2D eigenvalue weighted by molar-refractivity contribution is -0.161. The van der Waals surface area contributed by atoms with E-state index in [-0.39, 0.29) is 24.2 Å². The molecule has 0 unspecified atom stereocenters. The number of amides is 1. The molecule has 1 fully saturated rings. The zero-order valence-corrected chi connectivity index (χ0v) is 15.7.